The van der Waals surface area contributed by atoms with Crippen LogP contribution < -0.4 is 5.73 Å². The molecule has 106 valence electrons. The van der Waals surface area contributed by atoms with Crippen molar-refractivity contribution < 1.29 is 4.74 Å². The van der Waals surface area contributed by atoms with Gasteiger partial charge in [0.05, 0.1) is 6.10 Å². The summed E-state index contributed by atoms with van der Waals surface area (Å²) in [4.78, 5) is 3.62. The van der Waals surface area contributed by atoms with Gasteiger partial charge in [-0.15, -0.1) is 11.8 Å². The van der Waals surface area contributed by atoms with Crippen LogP contribution in [0.3, 0.4) is 0 Å². The summed E-state index contributed by atoms with van der Waals surface area (Å²) < 4.78 is 5.70. The second-order valence-electron chi connectivity index (χ2n) is 5.10. The first kappa shape index (κ1) is 14.9. The third kappa shape index (κ3) is 3.96. The number of ether oxygens (including phenoxy) is 1. The van der Waals surface area contributed by atoms with Gasteiger partial charge in [0.1, 0.15) is 0 Å². The van der Waals surface area contributed by atoms with Crippen LogP contribution in [-0.4, -0.2) is 44.0 Å². The molecule has 0 aromatic heterocycles. The van der Waals surface area contributed by atoms with E-state index in [0.29, 0.717) is 12.6 Å². The molecule has 0 saturated carbocycles. The van der Waals surface area contributed by atoms with Crippen molar-refractivity contribution in [3.05, 3.63) is 29.8 Å². The summed E-state index contributed by atoms with van der Waals surface area (Å²) in [6.45, 7) is 2.52. The molecule has 1 aliphatic rings. The van der Waals surface area contributed by atoms with Crippen LogP contribution in [0.4, 0.5) is 0 Å². The Morgan fingerprint density at radius 3 is 2.68 bits per heavy atom. The highest BCUT2D eigenvalue weighted by molar-refractivity contribution is 7.98. The molecular formula is C15H24N2OS. The van der Waals surface area contributed by atoms with Crippen molar-refractivity contribution in [1.29, 1.82) is 0 Å². The molecule has 1 aromatic carbocycles. The highest BCUT2D eigenvalue weighted by Crippen LogP contribution is 2.23. The van der Waals surface area contributed by atoms with Crippen molar-refractivity contribution in [3.8, 4) is 0 Å². The molecule has 1 heterocycles. The fourth-order valence-corrected chi connectivity index (χ4v) is 3.04. The SMILES string of the molecule is CSc1ccc(C(CN)N(C)CC2CCCO2)cc1. The standard InChI is InChI=1S/C15H24N2OS/c1-17(11-13-4-3-9-18-13)15(10-16)12-5-7-14(19-2)8-6-12/h5-8,13,15H,3-4,9-11,16H2,1-2H3. The Labute approximate surface area is 120 Å². The van der Waals surface area contributed by atoms with E-state index in [1.54, 1.807) is 11.8 Å². The van der Waals surface area contributed by atoms with Gasteiger partial charge in [0, 0.05) is 30.6 Å². The minimum Gasteiger partial charge on any atom is -0.377 e. The first-order valence-electron chi connectivity index (χ1n) is 6.90. The molecule has 2 N–H and O–H groups in total. The van der Waals surface area contributed by atoms with Crippen molar-refractivity contribution in [2.45, 2.75) is 29.9 Å². The summed E-state index contributed by atoms with van der Waals surface area (Å²) in [5, 5.41) is 0. The highest BCUT2D eigenvalue weighted by Gasteiger charge is 2.22. The van der Waals surface area contributed by atoms with Gasteiger partial charge in [0.25, 0.3) is 0 Å². The zero-order valence-corrected chi connectivity index (χ0v) is 12.7. The molecule has 0 bridgehead atoms. The van der Waals surface area contributed by atoms with Gasteiger partial charge in [-0.25, -0.2) is 0 Å². The Kier molecular flexibility index (Phi) is 5.70. The first-order chi connectivity index (χ1) is 9.24. The summed E-state index contributed by atoms with van der Waals surface area (Å²) in [5.41, 5.74) is 7.26. The average molecular weight is 280 g/mol. The molecule has 0 spiro atoms. The number of rotatable bonds is 6. The number of likely N-dealkylation sites (N-methyl/N-ethyl adjacent to an activating group) is 1. The smallest absolute Gasteiger partial charge is 0.0702 e. The van der Waals surface area contributed by atoms with Crippen LogP contribution in [0, 0.1) is 0 Å². The summed E-state index contributed by atoms with van der Waals surface area (Å²) in [5.74, 6) is 0. The quantitative estimate of drug-likeness (QED) is 0.813. The monoisotopic (exact) mass is 280 g/mol. The zero-order chi connectivity index (χ0) is 13.7. The Bertz CT molecular complexity index is 376. The first-order valence-corrected chi connectivity index (χ1v) is 8.13. The molecule has 4 heteroatoms. The Balaban J connectivity index is 2.00. The van der Waals surface area contributed by atoms with E-state index in [2.05, 4.69) is 42.5 Å². The lowest BCUT2D eigenvalue weighted by Gasteiger charge is -2.29. The largest absolute Gasteiger partial charge is 0.377 e. The van der Waals surface area contributed by atoms with E-state index in [4.69, 9.17) is 10.5 Å². The van der Waals surface area contributed by atoms with E-state index in [1.165, 1.54) is 23.3 Å². The number of thioether (sulfide) groups is 1. The molecule has 19 heavy (non-hydrogen) atoms. The fourth-order valence-electron chi connectivity index (χ4n) is 2.63. The van der Waals surface area contributed by atoms with Crippen molar-refractivity contribution in [1.82, 2.24) is 4.90 Å². The van der Waals surface area contributed by atoms with Crippen molar-refractivity contribution >= 4 is 11.8 Å². The third-order valence-corrected chi connectivity index (χ3v) is 4.52. The van der Waals surface area contributed by atoms with Crippen molar-refractivity contribution in [2.24, 2.45) is 5.73 Å². The molecule has 2 rings (SSSR count). The molecule has 1 aromatic rings. The molecular weight excluding hydrogens is 256 g/mol. The van der Waals surface area contributed by atoms with Crippen LogP contribution in [0.15, 0.2) is 29.2 Å². The van der Waals surface area contributed by atoms with Crippen LogP contribution in [0.5, 0.6) is 0 Å². The van der Waals surface area contributed by atoms with Gasteiger partial charge in [0.2, 0.25) is 0 Å². The normalized spacial score (nSPS) is 20.9. The Morgan fingerprint density at radius 2 is 2.16 bits per heavy atom. The van der Waals surface area contributed by atoms with Gasteiger partial charge in [-0.2, -0.15) is 0 Å². The van der Waals surface area contributed by atoms with Gasteiger partial charge in [-0.3, -0.25) is 4.90 Å². The van der Waals surface area contributed by atoms with Crippen LogP contribution in [-0.2, 0) is 4.74 Å². The van der Waals surface area contributed by atoms with Gasteiger partial charge in [-0.05, 0) is 43.8 Å². The second-order valence-corrected chi connectivity index (χ2v) is 5.98. The summed E-state index contributed by atoms with van der Waals surface area (Å²) >= 11 is 1.77. The van der Waals surface area contributed by atoms with E-state index in [-0.39, 0.29) is 6.04 Å². The second kappa shape index (κ2) is 7.29. The topological polar surface area (TPSA) is 38.5 Å². The van der Waals surface area contributed by atoms with Crippen molar-refractivity contribution in [3.63, 3.8) is 0 Å². The molecule has 1 fully saturated rings. The predicted molar refractivity (Wildman–Crippen MR) is 81.6 cm³/mol. The number of nitrogens with two attached hydrogens (primary N) is 1. The maximum absolute atomic E-state index is 5.96. The number of benzene rings is 1. The summed E-state index contributed by atoms with van der Waals surface area (Å²) in [6.07, 6.45) is 4.84. The number of nitrogens with zero attached hydrogens (tertiary/aromatic N) is 1. The Hall–Kier alpha value is -0.550. The van der Waals surface area contributed by atoms with E-state index < -0.39 is 0 Å². The average Bonchev–Trinajstić information content (AvgIpc) is 2.93. The van der Waals surface area contributed by atoms with E-state index >= 15 is 0 Å². The molecule has 0 amide bonds. The third-order valence-electron chi connectivity index (χ3n) is 3.77. The maximum atomic E-state index is 5.96. The van der Waals surface area contributed by atoms with Crippen LogP contribution in [0.2, 0.25) is 0 Å². The molecule has 2 atom stereocenters. The van der Waals surface area contributed by atoms with Gasteiger partial charge in [0.15, 0.2) is 0 Å². The summed E-state index contributed by atoms with van der Waals surface area (Å²) in [6, 6.07) is 9.00. The minimum absolute atomic E-state index is 0.278. The van der Waals surface area contributed by atoms with Gasteiger partial charge in [-0.1, -0.05) is 12.1 Å². The maximum Gasteiger partial charge on any atom is 0.0702 e. The van der Waals surface area contributed by atoms with E-state index in [9.17, 15) is 0 Å². The number of hydrogen-bond donors (Lipinski definition) is 1. The van der Waals surface area contributed by atoms with E-state index in [0.717, 1.165) is 13.2 Å². The molecule has 0 aliphatic carbocycles. The predicted octanol–water partition coefficient (Wildman–Crippen LogP) is 2.52. The molecule has 1 aliphatic heterocycles. The van der Waals surface area contributed by atoms with Gasteiger partial charge < -0.3 is 10.5 Å². The lowest BCUT2D eigenvalue weighted by atomic mass is 10.1. The summed E-state index contributed by atoms with van der Waals surface area (Å²) in [7, 11) is 2.14. The lowest BCUT2D eigenvalue weighted by Crippen LogP contribution is -2.36. The number of hydrogen-bond acceptors (Lipinski definition) is 4. The zero-order valence-electron chi connectivity index (χ0n) is 11.8. The van der Waals surface area contributed by atoms with E-state index in [1.807, 2.05) is 0 Å². The molecule has 1 saturated heterocycles. The van der Waals surface area contributed by atoms with Gasteiger partial charge >= 0.3 is 0 Å². The minimum atomic E-state index is 0.278. The highest BCUT2D eigenvalue weighted by atomic mass is 32.2. The molecule has 2 unspecified atom stereocenters. The molecule has 0 radical (unpaired) electrons. The van der Waals surface area contributed by atoms with Crippen molar-refractivity contribution in [2.75, 3.05) is 33.0 Å². The van der Waals surface area contributed by atoms with Crippen LogP contribution in [0.25, 0.3) is 0 Å². The van der Waals surface area contributed by atoms with Crippen LogP contribution >= 0.6 is 11.8 Å². The fraction of sp³-hybridized carbons (Fsp3) is 0.600. The Morgan fingerprint density at radius 1 is 1.42 bits per heavy atom. The lowest BCUT2D eigenvalue weighted by molar-refractivity contribution is 0.0689. The molecule has 3 nitrogen and oxygen atoms in total. The van der Waals surface area contributed by atoms with Crippen LogP contribution in [0.1, 0.15) is 24.4 Å².